The van der Waals surface area contributed by atoms with Crippen molar-refractivity contribution < 1.29 is 47.6 Å². The zero-order valence-corrected chi connectivity index (χ0v) is 18.9. The highest BCUT2D eigenvalue weighted by atomic mass is 35.5. The van der Waals surface area contributed by atoms with Crippen molar-refractivity contribution in [3.63, 3.8) is 0 Å². The van der Waals surface area contributed by atoms with E-state index in [9.17, 15) is 19.2 Å². The van der Waals surface area contributed by atoms with E-state index in [0.717, 1.165) is 6.92 Å². The lowest BCUT2D eigenvalue weighted by molar-refractivity contribution is -0.302. The quantitative estimate of drug-likeness (QED) is 0.210. The number of hydrogen-bond acceptors (Lipinski definition) is 10. The van der Waals surface area contributed by atoms with Gasteiger partial charge in [0.1, 0.15) is 18.6 Å². The summed E-state index contributed by atoms with van der Waals surface area (Å²) in [6.07, 6.45) is -4.99. The largest absolute Gasteiger partial charge is 0.463 e. The predicted octanol–water partition coefficient (Wildman–Crippen LogP) is 1.78. The molecule has 1 aliphatic heterocycles. The van der Waals surface area contributed by atoms with E-state index in [1.807, 2.05) is 0 Å². The highest BCUT2D eigenvalue weighted by molar-refractivity contribution is 6.26. The van der Waals surface area contributed by atoms with Crippen LogP contribution in [0.4, 0.5) is 0 Å². The normalized spacial score (nSPS) is 24.3. The number of halogens is 1. The minimum Gasteiger partial charge on any atom is -0.463 e. The maximum Gasteiger partial charge on any atom is 0.338 e. The van der Waals surface area contributed by atoms with Gasteiger partial charge in [-0.05, 0) is 12.1 Å². The van der Waals surface area contributed by atoms with Crippen LogP contribution < -0.4 is 0 Å². The Morgan fingerprint density at radius 2 is 1.70 bits per heavy atom. The van der Waals surface area contributed by atoms with Gasteiger partial charge in [0.15, 0.2) is 24.6 Å². The van der Waals surface area contributed by atoms with E-state index in [1.54, 1.807) is 18.2 Å². The topological polar surface area (TPSA) is 124 Å². The number of alkyl halides is 1. The van der Waals surface area contributed by atoms with E-state index in [0.29, 0.717) is 0 Å². The molecule has 33 heavy (non-hydrogen) atoms. The maximum atomic E-state index is 12.8. The van der Waals surface area contributed by atoms with Crippen LogP contribution in [-0.4, -0.2) is 73.7 Å². The van der Waals surface area contributed by atoms with Crippen LogP contribution in [0.15, 0.2) is 43.0 Å². The van der Waals surface area contributed by atoms with Crippen LogP contribution in [0.2, 0.25) is 0 Å². The molecule has 1 fully saturated rings. The number of carbonyl (C=O) groups excluding carboxylic acids is 4. The van der Waals surface area contributed by atoms with Crippen molar-refractivity contribution in [3.05, 3.63) is 48.6 Å². The molecule has 11 heteroatoms. The molecule has 0 spiro atoms. The van der Waals surface area contributed by atoms with Crippen molar-refractivity contribution in [1.29, 1.82) is 0 Å². The fourth-order valence-electron chi connectivity index (χ4n) is 3.05. The molecule has 0 radical (unpaired) electrons. The van der Waals surface area contributed by atoms with Crippen molar-refractivity contribution in [2.45, 2.75) is 44.6 Å². The van der Waals surface area contributed by atoms with Crippen LogP contribution in [-0.2, 0) is 42.8 Å². The lowest BCUT2D eigenvalue weighted by atomic mass is 9.98. The summed E-state index contributed by atoms with van der Waals surface area (Å²) in [5, 5.41) is 0. The van der Waals surface area contributed by atoms with Gasteiger partial charge in [-0.2, -0.15) is 0 Å². The molecule has 1 saturated heterocycles. The molecule has 1 heterocycles. The van der Waals surface area contributed by atoms with Gasteiger partial charge >= 0.3 is 23.9 Å². The van der Waals surface area contributed by atoms with Crippen LogP contribution in [0, 0.1) is 0 Å². The first-order valence-electron chi connectivity index (χ1n) is 9.96. The molecule has 1 aromatic carbocycles. The molecule has 180 valence electrons. The lowest BCUT2D eigenvalue weighted by Gasteiger charge is -2.44. The van der Waals surface area contributed by atoms with Gasteiger partial charge < -0.3 is 28.4 Å². The van der Waals surface area contributed by atoms with Crippen molar-refractivity contribution in [3.8, 4) is 0 Å². The van der Waals surface area contributed by atoms with Crippen LogP contribution in [0.3, 0.4) is 0 Å². The number of esters is 4. The predicted molar refractivity (Wildman–Crippen MR) is 113 cm³/mol. The summed E-state index contributed by atoms with van der Waals surface area (Å²) >= 11 is 5.60. The van der Waals surface area contributed by atoms with Gasteiger partial charge in [0.2, 0.25) is 0 Å². The Bertz CT molecular complexity index is 843. The Balaban J connectivity index is 2.44. The molecule has 0 unspecified atom stereocenters. The molecule has 0 aliphatic carbocycles. The number of carbonyl (C=O) groups is 4. The minimum absolute atomic E-state index is 0.0151. The van der Waals surface area contributed by atoms with Crippen molar-refractivity contribution >= 4 is 35.5 Å². The van der Waals surface area contributed by atoms with E-state index in [-0.39, 0.29) is 18.8 Å². The molecule has 10 nitrogen and oxygen atoms in total. The van der Waals surface area contributed by atoms with Gasteiger partial charge in [-0.15, -0.1) is 18.2 Å². The third-order valence-electron chi connectivity index (χ3n) is 4.35. The van der Waals surface area contributed by atoms with Crippen molar-refractivity contribution in [2.24, 2.45) is 0 Å². The molecule has 0 saturated carbocycles. The molecular weight excluding hydrogens is 460 g/mol. The van der Waals surface area contributed by atoms with Gasteiger partial charge in [0.05, 0.1) is 12.2 Å². The highest BCUT2D eigenvalue weighted by Gasteiger charge is 2.53. The standard InChI is InChI=1S/C22H25ClO10/c1-4-10-28-22-20(33-21(27)15-8-6-5-7-9-15)19(32-17(26)11-23)18(30-14(3)25)16(31-22)12-29-13(2)24/h4-9,16,18-20,22H,1,10-12H2,2-3H3/t16-,18-,19+,20-,22+/m1/s1. The van der Waals surface area contributed by atoms with Crippen molar-refractivity contribution in [1.82, 2.24) is 0 Å². The summed E-state index contributed by atoms with van der Waals surface area (Å²) in [4.78, 5) is 48.0. The van der Waals surface area contributed by atoms with E-state index in [4.69, 9.17) is 40.0 Å². The Morgan fingerprint density at radius 1 is 1.00 bits per heavy atom. The summed E-state index contributed by atoms with van der Waals surface area (Å²) < 4.78 is 32.7. The first-order valence-corrected chi connectivity index (χ1v) is 10.5. The average Bonchev–Trinajstić information content (AvgIpc) is 2.79. The number of rotatable bonds is 10. The van der Waals surface area contributed by atoms with Crippen molar-refractivity contribution in [2.75, 3.05) is 19.1 Å². The molecule has 5 atom stereocenters. The van der Waals surface area contributed by atoms with E-state index >= 15 is 0 Å². The molecule has 0 aromatic heterocycles. The SMILES string of the molecule is C=CCO[C@H]1O[C@H](COC(C)=O)[C@@H](OC(C)=O)[C@H](OC(=O)CCl)[C@H]1OC(=O)c1ccccc1. The zero-order chi connectivity index (χ0) is 24.4. The first-order chi connectivity index (χ1) is 15.8. The minimum atomic E-state index is -1.38. The highest BCUT2D eigenvalue weighted by Crippen LogP contribution is 2.30. The van der Waals surface area contributed by atoms with E-state index in [1.165, 1.54) is 25.1 Å². The summed E-state index contributed by atoms with van der Waals surface area (Å²) in [6, 6.07) is 8.05. The van der Waals surface area contributed by atoms with Gasteiger partial charge in [0.25, 0.3) is 0 Å². The molecule has 0 amide bonds. The molecular formula is C22H25ClO10. The third kappa shape index (κ3) is 7.85. The molecule has 1 aliphatic rings. The van der Waals surface area contributed by atoms with E-state index < -0.39 is 60.5 Å². The Hall–Kier alpha value is -2.95. The summed E-state index contributed by atoms with van der Waals surface area (Å²) in [7, 11) is 0. The molecule has 2 rings (SSSR count). The van der Waals surface area contributed by atoms with E-state index in [2.05, 4.69) is 6.58 Å². The number of hydrogen-bond donors (Lipinski definition) is 0. The lowest BCUT2D eigenvalue weighted by Crippen LogP contribution is -2.63. The maximum absolute atomic E-state index is 12.8. The second-order valence-corrected chi connectivity index (χ2v) is 7.13. The second-order valence-electron chi connectivity index (χ2n) is 6.87. The fraction of sp³-hybridized carbons (Fsp3) is 0.455. The van der Waals surface area contributed by atoms with Crippen LogP contribution >= 0.6 is 11.6 Å². The molecule has 0 N–H and O–H groups in total. The monoisotopic (exact) mass is 484 g/mol. The molecule has 0 bridgehead atoms. The van der Waals surface area contributed by atoms with Gasteiger partial charge in [0, 0.05) is 13.8 Å². The van der Waals surface area contributed by atoms with Gasteiger partial charge in [-0.25, -0.2) is 4.79 Å². The fourth-order valence-corrected chi connectivity index (χ4v) is 3.11. The number of ether oxygens (including phenoxy) is 6. The smallest absolute Gasteiger partial charge is 0.338 e. The van der Waals surface area contributed by atoms with Gasteiger partial charge in [-0.1, -0.05) is 24.3 Å². The van der Waals surface area contributed by atoms with Gasteiger partial charge in [-0.3, -0.25) is 14.4 Å². The Kier molecular flexibility index (Phi) is 10.3. The van der Waals surface area contributed by atoms with Crippen LogP contribution in [0.1, 0.15) is 24.2 Å². The summed E-state index contributed by atoms with van der Waals surface area (Å²) in [5.41, 5.74) is 0.216. The van der Waals surface area contributed by atoms with Crippen LogP contribution in [0.5, 0.6) is 0 Å². The summed E-state index contributed by atoms with van der Waals surface area (Å²) in [6.45, 7) is 5.51. The van der Waals surface area contributed by atoms with Crippen LogP contribution in [0.25, 0.3) is 0 Å². The Labute approximate surface area is 195 Å². The third-order valence-corrected chi connectivity index (χ3v) is 4.57. The number of benzene rings is 1. The second kappa shape index (κ2) is 12.9. The summed E-state index contributed by atoms with van der Waals surface area (Å²) in [5.74, 6) is -3.49. The zero-order valence-electron chi connectivity index (χ0n) is 18.1. The average molecular weight is 485 g/mol. The molecule has 1 aromatic rings. The first kappa shape index (κ1) is 26.3. The Morgan fingerprint density at radius 3 is 2.27 bits per heavy atom.